The number of hydrogen-bond acceptors (Lipinski definition) is 3. The molecule has 0 bridgehead atoms. The zero-order valence-corrected chi connectivity index (χ0v) is 21.8. The van der Waals surface area contributed by atoms with Crippen molar-refractivity contribution in [1.29, 1.82) is 0 Å². The summed E-state index contributed by atoms with van der Waals surface area (Å²) in [5.74, 6) is 0.442. The van der Waals surface area contributed by atoms with Gasteiger partial charge in [-0.15, -0.1) is 0 Å². The van der Waals surface area contributed by atoms with Crippen LogP contribution >= 0.6 is 31.9 Å². The van der Waals surface area contributed by atoms with Crippen LogP contribution in [0.2, 0.25) is 0 Å². The SMILES string of the molecule is C.CC(=O)N1CCC(=C2c3c(Br)cc(O)cc3CCC3=CC(Br)=CNC32)CC1.CCCC. The molecule has 1 aromatic carbocycles. The van der Waals surface area contributed by atoms with Gasteiger partial charge in [-0.05, 0) is 82.1 Å². The minimum atomic E-state index is 0. The number of phenols is 1. The molecule has 3 aliphatic rings. The van der Waals surface area contributed by atoms with Crippen LogP contribution in [0.5, 0.6) is 5.75 Å². The van der Waals surface area contributed by atoms with Crippen molar-refractivity contribution < 1.29 is 9.90 Å². The molecule has 0 radical (unpaired) electrons. The molecule has 4 rings (SSSR count). The largest absolute Gasteiger partial charge is 0.508 e. The van der Waals surface area contributed by atoms with Gasteiger partial charge in [-0.3, -0.25) is 4.79 Å². The van der Waals surface area contributed by atoms with Crippen molar-refractivity contribution in [1.82, 2.24) is 10.2 Å². The second kappa shape index (κ2) is 12.1. The fraction of sp³-hybridized carbons (Fsp3) is 0.500. The number of likely N-dealkylation sites (tertiary alicyclic amines) is 1. The van der Waals surface area contributed by atoms with E-state index in [1.165, 1.54) is 40.7 Å². The summed E-state index contributed by atoms with van der Waals surface area (Å²) in [6, 6.07) is 3.81. The van der Waals surface area contributed by atoms with E-state index in [0.717, 1.165) is 47.7 Å². The van der Waals surface area contributed by atoms with Gasteiger partial charge in [-0.1, -0.05) is 55.6 Å². The first kappa shape index (κ1) is 26.7. The average Bonchev–Trinajstić information content (AvgIpc) is 2.91. The summed E-state index contributed by atoms with van der Waals surface area (Å²) in [6.07, 6.45) is 10.5. The summed E-state index contributed by atoms with van der Waals surface area (Å²) < 4.78 is 1.99. The molecule has 0 saturated carbocycles. The second-order valence-electron chi connectivity index (χ2n) is 8.33. The highest BCUT2D eigenvalue weighted by atomic mass is 79.9. The molecule has 1 saturated heterocycles. The average molecular weight is 568 g/mol. The highest BCUT2D eigenvalue weighted by Crippen LogP contribution is 2.44. The molecule has 1 aromatic rings. The lowest BCUT2D eigenvalue weighted by Gasteiger charge is -2.33. The first-order chi connectivity index (χ1) is 14.8. The summed E-state index contributed by atoms with van der Waals surface area (Å²) >= 11 is 7.30. The Morgan fingerprint density at radius 1 is 1.12 bits per heavy atom. The maximum atomic E-state index is 11.7. The molecule has 6 heteroatoms. The zero-order valence-electron chi connectivity index (χ0n) is 18.6. The highest BCUT2D eigenvalue weighted by Gasteiger charge is 2.32. The van der Waals surface area contributed by atoms with Gasteiger partial charge in [0.05, 0.1) is 6.04 Å². The molecular weight excluding hydrogens is 532 g/mol. The van der Waals surface area contributed by atoms with Crippen LogP contribution in [0.3, 0.4) is 0 Å². The van der Waals surface area contributed by atoms with Crippen LogP contribution in [0.15, 0.2) is 44.5 Å². The molecule has 1 amide bonds. The molecule has 32 heavy (non-hydrogen) atoms. The number of aryl methyl sites for hydroxylation is 1. The van der Waals surface area contributed by atoms with Crippen LogP contribution in [-0.4, -0.2) is 35.0 Å². The van der Waals surface area contributed by atoms with Crippen molar-refractivity contribution in [2.45, 2.75) is 72.8 Å². The van der Waals surface area contributed by atoms with Crippen LogP contribution < -0.4 is 5.32 Å². The van der Waals surface area contributed by atoms with Crippen molar-refractivity contribution in [3.05, 3.63) is 55.6 Å². The van der Waals surface area contributed by atoms with E-state index in [2.05, 4.69) is 57.1 Å². The molecule has 2 aliphatic heterocycles. The molecule has 1 atom stereocenters. The smallest absolute Gasteiger partial charge is 0.219 e. The predicted octanol–water partition coefficient (Wildman–Crippen LogP) is 7.07. The van der Waals surface area contributed by atoms with E-state index in [-0.39, 0.29) is 19.4 Å². The van der Waals surface area contributed by atoms with Gasteiger partial charge in [-0.2, -0.15) is 0 Å². The minimum absolute atomic E-state index is 0. The Balaban J connectivity index is 0.000000672. The van der Waals surface area contributed by atoms with Crippen molar-refractivity contribution in [2.75, 3.05) is 13.1 Å². The van der Waals surface area contributed by atoms with Crippen molar-refractivity contribution in [2.24, 2.45) is 0 Å². The Hall–Kier alpha value is -1.53. The lowest BCUT2D eigenvalue weighted by atomic mass is 9.85. The Labute approximate surface area is 210 Å². The summed E-state index contributed by atoms with van der Waals surface area (Å²) in [6.45, 7) is 7.54. The van der Waals surface area contributed by atoms with Gasteiger partial charge in [0.1, 0.15) is 5.75 Å². The van der Waals surface area contributed by atoms with Gasteiger partial charge < -0.3 is 15.3 Å². The quantitative estimate of drug-likeness (QED) is 0.381. The van der Waals surface area contributed by atoms with Crippen LogP contribution in [0.25, 0.3) is 5.57 Å². The molecule has 176 valence electrons. The lowest BCUT2D eigenvalue weighted by Crippen LogP contribution is -2.36. The lowest BCUT2D eigenvalue weighted by molar-refractivity contribution is -0.129. The summed E-state index contributed by atoms with van der Waals surface area (Å²) in [7, 11) is 0. The number of dihydropyridines is 1. The maximum Gasteiger partial charge on any atom is 0.219 e. The number of hydrogen-bond donors (Lipinski definition) is 2. The first-order valence-electron chi connectivity index (χ1n) is 11.2. The van der Waals surface area contributed by atoms with Gasteiger partial charge in [0.15, 0.2) is 0 Å². The van der Waals surface area contributed by atoms with Crippen LogP contribution in [-0.2, 0) is 11.2 Å². The fourth-order valence-corrected chi connectivity index (χ4v) is 5.50. The molecule has 1 unspecified atom stereocenters. The zero-order chi connectivity index (χ0) is 22.5. The normalized spacial score (nSPS) is 19.7. The Bertz CT molecular complexity index is 922. The van der Waals surface area contributed by atoms with E-state index in [9.17, 15) is 9.90 Å². The molecule has 1 aliphatic carbocycles. The van der Waals surface area contributed by atoms with E-state index in [4.69, 9.17) is 0 Å². The third-order valence-corrected chi connectivity index (χ3v) is 7.26. The number of amides is 1. The number of rotatable bonds is 1. The predicted molar refractivity (Wildman–Crippen MR) is 142 cm³/mol. The highest BCUT2D eigenvalue weighted by molar-refractivity contribution is 9.12. The number of halogens is 2. The molecule has 0 spiro atoms. The summed E-state index contributed by atoms with van der Waals surface area (Å²) in [5, 5.41) is 13.7. The number of carbonyl (C=O) groups excluding carboxylic acids is 1. The Morgan fingerprint density at radius 3 is 2.38 bits per heavy atom. The molecular formula is C26H36Br2N2O2. The van der Waals surface area contributed by atoms with Crippen molar-refractivity contribution in [3.63, 3.8) is 0 Å². The number of aromatic hydroxyl groups is 1. The monoisotopic (exact) mass is 566 g/mol. The Kier molecular flexibility index (Phi) is 10.1. The van der Waals surface area contributed by atoms with E-state index in [1.54, 1.807) is 13.0 Å². The second-order valence-corrected chi connectivity index (χ2v) is 10.1. The standard InChI is InChI=1S/C21H22Br2N2O2.C4H10.CH4/c1-12(26)25-6-4-13(5-7-25)20-19-14(9-17(27)10-18(19)23)2-3-15-8-16(22)11-24-21(15)20;1-3-4-2;/h8-11,21,24,27H,2-7H2,1H3;3-4H2,1-2H3;1H4. The van der Waals surface area contributed by atoms with Gasteiger partial charge in [0, 0.05) is 35.2 Å². The number of phenolic OH excluding ortho intramolecular Hbond substituents is 1. The van der Waals surface area contributed by atoms with E-state index >= 15 is 0 Å². The van der Waals surface area contributed by atoms with Gasteiger partial charge >= 0.3 is 0 Å². The third kappa shape index (κ3) is 6.07. The number of nitrogens with one attached hydrogen (secondary N) is 1. The first-order valence-corrected chi connectivity index (χ1v) is 12.8. The van der Waals surface area contributed by atoms with Gasteiger partial charge in [0.2, 0.25) is 5.91 Å². The number of allylic oxidation sites excluding steroid dienone is 2. The molecule has 0 aromatic heterocycles. The van der Waals surface area contributed by atoms with Crippen molar-refractivity contribution >= 4 is 43.3 Å². The third-order valence-electron chi connectivity index (χ3n) is 6.17. The van der Waals surface area contributed by atoms with Crippen LogP contribution in [0.1, 0.15) is 71.4 Å². The van der Waals surface area contributed by atoms with E-state index in [0.29, 0.717) is 5.75 Å². The number of nitrogens with zero attached hydrogens (tertiary/aromatic N) is 1. The van der Waals surface area contributed by atoms with E-state index < -0.39 is 0 Å². The maximum absolute atomic E-state index is 11.7. The topological polar surface area (TPSA) is 52.6 Å². The van der Waals surface area contributed by atoms with Gasteiger partial charge in [-0.25, -0.2) is 0 Å². The van der Waals surface area contributed by atoms with Gasteiger partial charge in [0.25, 0.3) is 0 Å². The fourth-order valence-electron chi connectivity index (χ4n) is 4.37. The molecule has 2 N–H and O–H groups in total. The Morgan fingerprint density at radius 2 is 1.78 bits per heavy atom. The number of benzene rings is 1. The van der Waals surface area contributed by atoms with Crippen LogP contribution in [0, 0.1) is 0 Å². The molecule has 4 nitrogen and oxygen atoms in total. The molecule has 2 heterocycles. The van der Waals surface area contributed by atoms with E-state index in [1.807, 2.05) is 17.2 Å². The van der Waals surface area contributed by atoms with Crippen molar-refractivity contribution in [3.8, 4) is 5.75 Å². The minimum Gasteiger partial charge on any atom is -0.508 e. The number of piperidine rings is 1. The number of unbranched alkanes of at least 4 members (excludes halogenated alkanes) is 1. The molecule has 1 fully saturated rings. The summed E-state index contributed by atoms with van der Waals surface area (Å²) in [4.78, 5) is 13.7. The summed E-state index contributed by atoms with van der Waals surface area (Å²) in [5.41, 5.74) is 6.43. The number of fused-ring (bicyclic) bond motifs is 2. The van der Waals surface area contributed by atoms with Crippen LogP contribution in [0.4, 0.5) is 0 Å². The number of carbonyl (C=O) groups is 1.